The highest BCUT2D eigenvalue weighted by molar-refractivity contribution is 6.34. The summed E-state index contributed by atoms with van der Waals surface area (Å²) in [6.07, 6.45) is 2.44. The molecule has 1 aromatic rings. The Balaban J connectivity index is 2.24. The molecule has 2 N–H and O–H groups in total. The fraction of sp³-hybridized carbons (Fsp3) is 0.417. The van der Waals surface area contributed by atoms with Crippen molar-refractivity contribution < 1.29 is 9.90 Å². The summed E-state index contributed by atoms with van der Waals surface area (Å²) in [5, 5.41) is 12.6. The minimum absolute atomic E-state index is 0.164. The van der Waals surface area contributed by atoms with Gasteiger partial charge in [-0.05, 0) is 37.8 Å². The number of hydrogen-bond donors (Lipinski definition) is 2. The van der Waals surface area contributed by atoms with Gasteiger partial charge in [-0.1, -0.05) is 17.7 Å². The van der Waals surface area contributed by atoms with Crippen molar-refractivity contribution in [1.29, 1.82) is 0 Å². The second kappa shape index (κ2) is 4.34. The van der Waals surface area contributed by atoms with E-state index in [0.29, 0.717) is 17.6 Å². The smallest absolute Gasteiger partial charge is 0.339 e. The number of halogens is 1. The monoisotopic (exact) mass is 239 g/mol. The van der Waals surface area contributed by atoms with Crippen molar-refractivity contribution in [3.05, 3.63) is 28.8 Å². The van der Waals surface area contributed by atoms with Gasteiger partial charge in [0, 0.05) is 6.04 Å². The number of aromatic carboxylic acids is 1. The molecule has 86 valence electrons. The molecule has 16 heavy (non-hydrogen) atoms. The number of anilines is 1. The lowest BCUT2D eigenvalue weighted by Crippen LogP contribution is -2.19. The van der Waals surface area contributed by atoms with Crippen LogP contribution in [0.4, 0.5) is 5.69 Å². The van der Waals surface area contributed by atoms with Crippen LogP contribution in [0.5, 0.6) is 0 Å². The number of carboxylic acid groups (broad SMARTS) is 1. The lowest BCUT2D eigenvalue weighted by Gasteiger charge is -2.16. The van der Waals surface area contributed by atoms with Crippen LogP contribution in [0.1, 0.15) is 30.1 Å². The molecule has 1 atom stereocenters. The zero-order valence-electron chi connectivity index (χ0n) is 9.03. The number of carboxylic acids is 1. The lowest BCUT2D eigenvalue weighted by atomic mass is 10.1. The van der Waals surface area contributed by atoms with Crippen LogP contribution < -0.4 is 5.32 Å². The fourth-order valence-corrected chi connectivity index (χ4v) is 2.08. The number of benzene rings is 1. The predicted octanol–water partition coefficient (Wildman–Crippen LogP) is 3.25. The van der Waals surface area contributed by atoms with E-state index in [4.69, 9.17) is 16.7 Å². The largest absolute Gasteiger partial charge is 0.478 e. The summed E-state index contributed by atoms with van der Waals surface area (Å²) in [6, 6.07) is 5.42. The fourth-order valence-electron chi connectivity index (χ4n) is 1.82. The van der Waals surface area contributed by atoms with Crippen LogP contribution in [-0.4, -0.2) is 17.1 Å². The Hall–Kier alpha value is -1.22. The number of rotatable bonds is 4. The third kappa shape index (κ3) is 2.30. The Morgan fingerprint density at radius 2 is 2.25 bits per heavy atom. The molecule has 0 saturated heterocycles. The lowest BCUT2D eigenvalue weighted by molar-refractivity contribution is 0.0698. The average Bonchev–Trinajstić information content (AvgIpc) is 2.99. The minimum Gasteiger partial charge on any atom is -0.478 e. The van der Waals surface area contributed by atoms with E-state index in [-0.39, 0.29) is 10.6 Å². The summed E-state index contributed by atoms with van der Waals surface area (Å²) in [7, 11) is 0. The van der Waals surface area contributed by atoms with Crippen LogP contribution in [0.15, 0.2) is 18.2 Å². The normalized spacial score (nSPS) is 16.9. The summed E-state index contributed by atoms with van der Waals surface area (Å²) < 4.78 is 0. The molecule has 0 amide bonds. The molecule has 1 saturated carbocycles. The zero-order valence-corrected chi connectivity index (χ0v) is 9.79. The van der Waals surface area contributed by atoms with Crippen molar-refractivity contribution >= 4 is 23.3 Å². The van der Waals surface area contributed by atoms with Crippen molar-refractivity contribution in [1.82, 2.24) is 0 Å². The molecule has 3 nitrogen and oxygen atoms in total. The summed E-state index contributed by atoms with van der Waals surface area (Å²) in [6.45, 7) is 2.07. The Bertz CT molecular complexity index is 415. The van der Waals surface area contributed by atoms with Gasteiger partial charge in [-0.15, -0.1) is 0 Å². The Morgan fingerprint density at radius 3 is 2.81 bits per heavy atom. The molecule has 2 rings (SSSR count). The van der Waals surface area contributed by atoms with E-state index >= 15 is 0 Å². The van der Waals surface area contributed by atoms with E-state index < -0.39 is 5.97 Å². The van der Waals surface area contributed by atoms with Crippen molar-refractivity contribution in [3.63, 3.8) is 0 Å². The van der Waals surface area contributed by atoms with E-state index in [1.165, 1.54) is 12.8 Å². The van der Waals surface area contributed by atoms with Gasteiger partial charge in [0.1, 0.15) is 5.56 Å². The maximum absolute atomic E-state index is 11.1. The van der Waals surface area contributed by atoms with Crippen LogP contribution in [0.3, 0.4) is 0 Å². The number of nitrogens with one attached hydrogen (secondary N) is 1. The maximum Gasteiger partial charge on any atom is 0.339 e. The molecular formula is C12H14ClNO2. The zero-order chi connectivity index (χ0) is 11.7. The SMILES string of the molecule is CC(Nc1cccc(Cl)c1C(=O)O)C1CC1. The third-order valence-corrected chi connectivity index (χ3v) is 3.25. The van der Waals surface area contributed by atoms with Crippen LogP contribution in [0.25, 0.3) is 0 Å². The molecular weight excluding hydrogens is 226 g/mol. The molecule has 0 radical (unpaired) electrons. The van der Waals surface area contributed by atoms with E-state index in [1.54, 1.807) is 18.2 Å². The molecule has 1 aliphatic rings. The highest BCUT2D eigenvalue weighted by Gasteiger charge is 2.28. The second-order valence-electron chi connectivity index (χ2n) is 4.24. The van der Waals surface area contributed by atoms with Crippen LogP contribution in [0.2, 0.25) is 5.02 Å². The number of hydrogen-bond acceptors (Lipinski definition) is 2. The van der Waals surface area contributed by atoms with E-state index in [1.807, 2.05) is 0 Å². The van der Waals surface area contributed by atoms with Crippen LogP contribution >= 0.6 is 11.6 Å². The molecule has 0 heterocycles. The predicted molar refractivity (Wildman–Crippen MR) is 64.2 cm³/mol. The summed E-state index contributed by atoms with van der Waals surface area (Å²) >= 11 is 5.88. The first-order valence-corrected chi connectivity index (χ1v) is 5.75. The van der Waals surface area contributed by atoms with Crippen LogP contribution in [0, 0.1) is 5.92 Å². The summed E-state index contributed by atoms with van der Waals surface area (Å²) in [5.41, 5.74) is 0.774. The van der Waals surface area contributed by atoms with E-state index in [2.05, 4.69) is 12.2 Å². The maximum atomic E-state index is 11.1. The molecule has 0 bridgehead atoms. The van der Waals surface area contributed by atoms with Gasteiger partial charge in [0.05, 0.1) is 10.7 Å². The Kier molecular flexibility index (Phi) is 3.06. The van der Waals surface area contributed by atoms with E-state index in [0.717, 1.165) is 0 Å². The standard InChI is InChI=1S/C12H14ClNO2/c1-7(8-5-6-8)14-10-4-2-3-9(13)11(10)12(15)16/h2-4,7-8,14H,5-6H2,1H3,(H,15,16). The van der Waals surface area contributed by atoms with Gasteiger partial charge >= 0.3 is 5.97 Å². The quantitative estimate of drug-likeness (QED) is 0.848. The van der Waals surface area contributed by atoms with Gasteiger partial charge in [0.2, 0.25) is 0 Å². The Labute approximate surface area is 99.4 Å². The first kappa shape index (κ1) is 11.3. The topological polar surface area (TPSA) is 49.3 Å². The molecule has 1 aromatic carbocycles. The summed E-state index contributed by atoms with van der Waals surface area (Å²) in [4.78, 5) is 11.1. The molecule has 0 spiro atoms. The average molecular weight is 240 g/mol. The minimum atomic E-state index is -0.990. The highest BCUT2D eigenvalue weighted by atomic mass is 35.5. The van der Waals surface area contributed by atoms with E-state index in [9.17, 15) is 4.79 Å². The highest BCUT2D eigenvalue weighted by Crippen LogP contribution is 2.35. The first-order valence-electron chi connectivity index (χ1n) is 5.38. The van der Waals surface area contributed by atoms with Crippen molar-refractivity contribution in [2.75, 3.05) is 5.32 Å². The molecule has 4 heteroatoms. The van der Waals surface area contributed by atoms with Crippen molar-refractivity contribution in [2.45, 2.75) is 25.8 Å². The van der Waals surface area contributed by atoms with Crippen molar-refractivity contribution in [3.8, 4) is 0 Å². The Morgan fingerprint density at radius 1 is 1.56 bits per heavy atom. The van der Waals surface area contributed by atoms with Crippen LogP contribution in [-0.2, 0) is 0 Å². The van der Waals surface area contributed by atoms with Gasteiger partial charge in [-0.2, -0.15) is 0 Å². The van der Waals surface area contributed by atoms with Gasteiger partial charge in [-0.25, -0.2) is 4.79 Å². The third-order valence-electron chi connectivity index (χ3n) is 2.94. The molecule has 1 aliphatic carbocycles. The second-order valence-corrected chi connectivity index (χ2v) is 4.65. The molecule has 1 fully saturated rings. The summed E-state index contributed by atoms with van der Waals surface area (Å²) in [5.74, 6) is -0.322. The number of carbonyl (C=O) groups is 1. The molecule has 1 unspecified atom stereocenters. The van der Waals surface area contributed by atoms with Crippen molar-refractivity contribution in [2.24, 2.45) is 5.92 Å². The van der Waals surface area contributed by atoms with Gasteiger partial charge < -0.3 is 10.4 Å². The van der Waals surface area contributed by atoms with Gasteiger partial charge in [0.15, 0.2) is 0 Å². The van der Waals surface area contributed by atoms with Gasteiger partial charge in [0.25, 0.3) is 0 Å². The van der Waals surface area contributed by atoms with Gasteiger partial charge in [-0.3, -0.25) is 0 Å². The molecule has 0 aromatic heterocycles. The first-order chi connectivity index (χ1) is 7.59. The molecule has 0 aliphatic heterocycles.